The zero-order chi connectivity index (χ0) is 16.9. The van der Waals surface area contributed by atoms with E-state index in [-0.39, 0.29) is 11.7 Å². The summed E-state index contributed by atoms with van der Waals surface area (Å²) in [6.07, 6.45) is 1.43. The zero-order valence-electron chi connectivity index (χ0n) is 12.3. The summed E-state index contributed by atoms with van der Waals surface area (Å²) >= 11 is 13.3. The van der Waals surface area contributed by atoms with Crippen LogP contribution in [-0.4, -0.2) is 27.8 Å². The molecule has 0 saturated carbocycles. The van der Waals surface area contributed by atoms with Gasteiger partial charge in [-0.05, 0) is 24.3 Å². The highest BCUT2D eigenvalue weighted by molar-refractivity contribution is 7.99. The van der Waals surface area contributed by atoms with Crippen LogP contribution in [0.1, 0.15) is 5.56 Å². The minimum absolute atomic E-state index is 0.188. The number of carbonyl (C=O) groups is 1. The molecule has 1 heterocycles. The highest BCUT2D eigenvalue weighted by Crippen LogP contribution is 2.22. The molecule has 2 aromatic carbocycles. The van der Waals surface area contributed by atoms with Crippen molar-refractivity contribution in [2.75, 3.05) is 5.75 Å². The van der Waals surface area contributed by atoms with Crippen molar-refractivity contribution >= 4 is 58.1 Å². The summed E-state index contributed by atoms with van der Waals surface area (Å²) in [5.41, 5.74) is 4.81. The first kappa shape index (κ1) is 16.8. The topological polar surface area (TPSA) is 70.1 Å². The van der Waals surface area contributed by atoms with E-state index in [1.807, 2.05) is 24.3 Å². The fourth-order valence-corrected chi connectivity index (χ4v) is 3.14. The second kappa shape index (κ2) is 7.70. The van der Waals surface area contributed by atoms with Crippen LogP contribution < -0.4 is 5.43 Å². The Morgan fingerprint density at radius 2 is 1.96 bits per heavy atom. The van der Waals surface area contributed by atoms with Crippen LogP contribution in [0, 0.1) is 0 Å². The Bertz CT molecular complexity index is 857. The Morgan fingerprint density at radius 1 is 1.21 bits per heavy atom. The Balaban J connectivity index is 1.55. The fraction of sp³-hybridized carbons (Fsp3) is 0.0625. The number of H-pyrrole nitrogens is 1. The number of nitrogens with one attached hydrogen (secondary N) is 2. The molecule has 0 spiro atoms. The van der Waals surface area contributed by atoms with E-state index >= 15 is 0 Å². The third-order valence-electron chi connectivity index (χ3n) is 3.09. The predicted octanol–water partition coefficient (Wildman–Crippen LogP) is 4.11. The van der Waals surface area contributed by atoms with E-state index in [0.717, 1.165) is 11.0 Å². The van der Waals surface area contributed by atoms with Crippen molar-refractivity contribution in [1.29, 1.82) is 0 Å². The highest BCUT2D eigenvalue weighted by atomic mass is 35.5. The molecule has 1 aromatic heterocycles. The van der Waals surface area contributed by atoms with Crippen LogP contribution in [0.5, 0.6) is 0 Å². The largest absolute Gasteiger partial charge is 0.333 e. The first-order valence-corrected chi connectivity index (χ1v) is 8.71. The summed E-state index contributed by atoms with van der Waals surface area (Å²) in [4.78, 5) is 19.4. The number of hydrogen-bond donors (Lipinski definition) is 2. The normalized spacial score (nSPS) is 11.2. The summed E-state index contributed by atoms with van der Waals surface area (Å²) in [6.45, 7) is 0. The van der Waals surface area contributed by atoms with Gasteiger partial charge in [0.25, 0.3) is 5.91 Å². The van der Waals surface area contributed by atoms with Crippen LogP contribution in [-0.2, 0) is 4.79 Å². The number of amides is 1. The molecule has 0 unspecified atom stereocenters. The number of carbonyl (C=O) groups excluding carboxylic acids is 1. The lowest BCUT2D eigenvalue weighted by Crippen LogP contribution is -2.19. The molecule has 122 valence electrons. The molecule has 0 atom stereocenters. The molecular weight excluding hydrogens is 367 g/mol. The predicted molar refractivity (Wildman–Crippen MR) is 99.0 cm³/mol. The maximum absolute atomic E-state index is 11.8. The van der Waals surface area contributed by atoms with E-state index in [4.69, 9.17) is 23.2 Å². The molecule has 0 bridgehead atoms. The summed E-state index contributed by atoms with van der Waals surface area (Å²) in [7, 11) is 0. The monoisotopic (exact) mass is 378 g/mol. The van der Waals surface area contributed by atoms with Gasteiger partial charge in [0.2, 0.25) is 0 Å². The highest BCUT2D eigenvalue weighted by Gasteiger charge is 2.07. The number of benzene rings is 2. The molecule has 0 aliphatic carbocycles. The first-order chi connectivity index (χ1) is 11.6. The molecular formula is C16H12Cl2N4OS. The van der Waals surface area contributed by atoms with Crippen molar-refractivity contribution in [2.24, 2.45) is 5.10 Å². The maximum atomic E-state index is 11.8. The van der Waals surface area contributed by atoms with Gasteiger partial charge >= 0.3 is 0 Å². The smallest absolute Gasteiger partial charge is 0.250 e. The number of hydrogen-bond acceptors (Lipinski definition) is 4. The van der Waals surface area contributed by atoms with Gasteiger partial charge < -0.3 is 4.98 Å². The molecule has 1 amide bonds. The quantitative estimate of drug-likeness (QED) is 0.398. The third-order valence-corrected chi connectivity index (χ3v) is 4.62. The maximum Gasteiger partial charge on any atom is 0.250 e. The second-order valence-corrected chi connectivity index (χ2v) is 6.55. The minimum Gasteiger partial charge on any atom is -0.333 e. The molecule has 0 aliphatic heterocycles. The fourth-order valence-electron chi connectivity index (χ4n) is 1.97. The number of thioether (sulfide) groups is 1. The SMILES string of the molecule is O=C(CSc1nc2ccccc2[nH]1)N/N=C/c1c(Cl)cccc1Cl. The van der Waals surface area contributed by atoms with Gasteiger partial charge in [0.05, 0.1) is 33.0 Å². The number of rotatable bonds is 5. The lowest BCUT2D eigenvalue weighted by atomic mass is 10.2. The standard InChI is InChI=1S/C16H12Cl2N4OS/c17-11-4-3-5-12(18)10(11)8-19-22-15(23)9-24-16-20-13-6-1-2-7-14(13)21-16/h1-8H,9H2,(H,20,21)(H,22,23)/b19-8+. The molecule has 8 heteroatoms. The Hall–Kier alpha value is -2.02. The minimum atomic E-state index is -0.250. The van der Waals surface area contributed by atoms with E-state index in [1.165, 1.54) is 18.0 Å². The number of imidazole rings is 1. The zero-order valence-corrected chi connectivity index (χ0v) is 14.6. The van der Waals surface area contributed by atoms with Crippen molar-refractivity contribution in [3.63, 3.8) is 0 Å². The van der Waals surface area contributed by atoms with Crippen molar-refractivity contribution < 1.29 is 4.79 Å². The van der Waals surface area contributed by atoms with Crippen LogP contribution in [0.4, 0.5) is 0 Å². The number of aromatic amines is 1. The Morgan fingerprint density at radius 3 is 2.71 bits per heavy atom. The molecule has 0 fully saturated rings. The molecule has 3 rings (SSSR count). The van der Waals surface area contributed by atoms with Gasteiger partial charge in [-0.3, -0.25) is 4.79 Å². The summed E-state index contributed by atoms with van der Waals surface area (Å²) in [6, 6.07) is 12.8. The van der Waals surface area contributed by atoms with Crippen LogP contribution >= 0.6 is 35.0 Å². The first-order valence-electron chi connectivity index (χ1n) is 6.97. The van der Waals surface area contributed by atoms with Gasteiger partial charge in [0.15, 0.2) is 5.16 Å². The number of fused-ring (bicyclic) bond motifs is 1. The molecule has 24 heavy (non-hydrogen) atoms. The van der Waals surface area contributed by atoms with Crippen LogP contribution in [0.2, 0.25) is 10.0 Å². The number of nitrogens with zero attached hydrogens (tertiary/aromatic N) is 2. The lowest BCUT2D eigenvalue weighted by molar-refractivity contribution is -0.118. The van der Waals surface area contributed by atoms with Gasteiger partial charge in [-0.1, -0.05) is 53.2 Å². The molecule has 0 aliphatic rings. The van der Waals surface area contributed by atoms with Gasteiger partial charge in [-0.15, -0.1) is 0 Å². The van der Waals surface area contributed by atoms with Gasteiger partial charge in [-0.25, -0.2) is 10.4 Å². The average molecular weight is 379 g/mol. The summed E-state index contributed by atoms with van der Waals surface area (Å²) in [5, 5.41) is 5.50. The molecule has 2 N–H and O–H groups in total. The number of para-hydroxylation sites is 2. The van der Waals surface area contributed by atoms with Gasteiger partial charge in [0, 0.05) is 5.56 Å². The molecule has 0 saturated heterocycles. The van der Waals surface area contributed by atoms with Crippen molar-refractivity contribution in [3.05, 3.63) is 58.1 Å². The van der Waals surface area contributed by atoms with E-state index in [0.29, 0.717) is 20.8 Å². The van der Waals surface area contributed by atoms with E-state index in [1.54, 1.807) is 18.2 Å². The molecule has 5 nitrogen and oxygen atoms in total. The summed E-state index contributed by atoms with van der Waals surface area (Å²) in [5.74, 6) is -0.0622. The van der Waals surface area contributed by atoms with E-state index in [2.05, 4.69) is 20.5 Å². The van der Waals surface area contributed by atoms with Crippen LogP contribution in [0.3, 0.4) is 0 Å². The van der Waals surface area contributed by atoms with Gasteiger partial charge in [-0.2, -0.15) is 5.10 Å². The van der Waals surface area contributed by atoms with Crippen molar-refractivity contribution in [2.45, 2.75) is 5.16 Å². The van der Waals surface area contributed by atoms with Crippen LogP contribution in [0.25, 0.3) is 11.0 Å². The second-order valence-electron chi connectivity index (χ2n) is 4.78. The molecule has 0 radical (unpaired) electrons. The number of aromatic nitrogens is 2. The summed E-state index contributed by atoms with van der Waals surface area (Å²) < 4.78 is 0. The lowest BCUT2D eigenvalue weighted by Gasteiger charge is -2.01. The van der Waals surface area contributed by atoms with E-state index in [9.17, 15) is 4.79 Å². The average Bonchev–Trinajstić information content (AvgIpc) is 2.98. The van der Waals surface area contributed by atoms with Crippen molar-refractivity contribution in [1.82, 2.24) is 15.4 Å². The Kier molecular flexibility index (Phi) is 5.40. The van der Waals surface area contributed by atoms with E-state index < -0.39 is 0 Å². The number of hydrazone groups is 1. The van der Waals surface area contributed by atoms with Crippen LogP contribution in [0.15, 0.2) is 52.7 Å². The third kappa shape index (κ3) is 4.08. The van der Waals surface area contributed by atoms with Gasteiger partial charge in [0.1, 0.15) is 0 Å². The van der Waals surface area contributed by atoms with Crippen molar-refractivity contribution in [3.8, 4) is 0 Å². The Labute approximate surface area is 152 Å². The molecule has 3 aromatic rings. The number of halogens is 2.